The number of likely N-dealkylation sites (tertiary alicyclic amines) is 1. The number of halogens is 1. The number of piperidine rings is 2. The van der Waals surface area contributed by atoms with Crippen molar-refractivity contribution >= 4 is 29.4 Å². The number of carbonyl (C=O) groups is 1. The minimum atomic E-state index is -0.106. The minimum absolute atomic E-state index is 0.106. The maximum atomic E-state index is 13.6. The first-order chi connectivity index (χ1) is 17.1. The number of aromatic nitrogens is 4. The van der Waals surface area contributed by atoms with Crippen molar-refractivity contribution in [1.82, 2.24) is 24.8 Å². The highest BCUT2D eigenvalue weighted by Crippen LogP contribution is 2.37. The van der Waals surface area contributed by atoms with E-state index in [9.17, 15) is 4.79 Å². The molecule has 2 aliphatic rings. The highest BCUT2D eigenvalue weighted by molar-refractivity contribution is 6.30. The highest BCUT2D eigenvalue weighted by atomic mass is 35.5. The van der Waals surface area contributed by atoms with Gasteiger partial charge in [-0.3, -0.25) is 4.79 Å². The number of carbonyl (C=O) groups excluding carboxylic acids is 1. The van der Waals surface area contributed by atoms with Gasteiger partial charge in [0.05, 0.1) is 11.7 Å². The van der Waals surface area contributed by atoms with Crippen LogP contribution in [-0.2, 0) is 4.79 Å². The van der Waals surface area contributed by atoms with E-state index in [4.69, 9.17) is 17.3 Å². The monoisotopic (exact) mass is 491 g/mol. The fraction of sp³-hybridized carbons (Fsp3) is 0.423. The molecule has 0 aliphatic carbocycles. The van der Waals surface area contributed by atoms with Crippen LogP contribution >= 0.6 is 11.6 Å². The zero-order chi connectivity index (χ0) is 24.2. The predicted octanol–water partition coefficient (Wildman–Crippen LogP) is 4.53. The Balaban J connectivity index is 1.31. The average Bonchev–Trinajstić information content (AvgIpc) is 2.90. The fourth-order valence-corrected chi connectivity index (χ4v) is 5.31. The zero-order valence-corrected chi connectivity index (χ0v) is 20.4. The molecule has 1 aromatic carbocycles. The van der Waals surface area contributed by atoms with E-state index in [0.717, 1.165) is 74.5 Å². The molecule has 35 heavy (non-hydrogen) atoms. The second-order valence-electron chi connectivity index (χ2n) is 9.32. The molecule has 4 heterocycles. The molecule has 2 fully saturated rings. The van der Waals surface area contributed by atoms with Crippen LogP contribution < -0.4 is 10.6 Å². The van der Waals surface area contributed by atoms with E-state index < -0.39 is 0 Å². The maximum absolute atomic E-state index is 13.6. The van der Waals surface area contributed by atoms with Crippen molar-refractivity contribution in [2.45, 2.75) is 44.6 Å². The number of nitrogens with zero attached hydrogens (tertiary/aromatic N) is 6. The first-order valence-corrected chi connectivity index (χ1v) is 12.7. The summed E-state index contributed by atoms with van der Waals surface area (Å²) < 4.78 is 0. The van der Waals surface area contributed by atoms with Crippen molar-refractivity contribution in [1.29, 1.82) is 0 Å². The Hall–Kier alpha value is -3.26. The standard InChI is InChI=1S/C26H30ClN7O/c27-20-7-5-19(6-8-20)21-17-31-25(28)32-24(21)22-4-1-2-13-34(22)23(35)16-18-9-14-33(15-10-18)26-29-11-3-12-30-26/h3,5-8,11-12,17-18,22H,1-2,4,9-10,13-16H2,(H2,28,31,32)/t22-/m1/s1. The lowest BCUT2D eigenvalue weighted by Crippen LogP contribution is -2.41. The van der Waals surface area contributed by atoms with Crippen LogP contribution in [0, 0.1) is 5.92 Å². The van der Waals surface area contributed by atoms with E-state index in [2.05, 4.69) is 24.8 Å². The van der Waals surface area contributed by atoms with Crippen LogP contribution in [0.2, 0.25) is 5.02 Å². The lowest BCUT2D eigenvalue weighted by molar-refractivity contribution is -0.136. The number of anilines is 2. The van der Waals surface area contributed by atoms with Crippen molar-refractivity contribution in [3.63, 3.8) is 0 Å². The lowest BCUT2D eigenvalue weighted by Gasteiger charge is -2.38. The third-order valence-corrected chi connectivity index (χ3v) is 7.30. The van der Waals surface area contributed by atoms with E-state index >= 15 is 0 Å². The van der Waals surface area contributed by atoms with Crippen LogP contribution in [0.3, 0.4) is 0 Å². The van der Waals surface area contributed by atoms with Crippen LogP contribution in [0.1, 0.15) is 50.3 Å². The number of nitrogens with two attached hydrogens (primary N) is 1. The summed E-state index contributed by atoms with van der Waals surface area (Å²) in [5.74, 6) is 1.55. The lowest BCUT2D eigenvalue weighted by atomic mass is 9.90. The van der Waals surface area contributed by atoms with E-state index in [1.165, 1.54) is 0 Å². The van der Waals surface area contributed by atoms with Crippen LogP contribution in [0.4, 0.5) is 11.9 Å². The predicted molar refractivity (Wildman–Crippen MR) is 137 cm³/mol. The summed E-state index contributed by atoms with van der Waals surface area (Å²) in [4.78, 5) is 35.4. The number of hydrogen-bond acceptors (Lipinski definition) is 7. The topological polar surface area (TPSA) is 101 Å². The van der Waals surface area contributed by atoms with Gasteiger partial charge in [0.1, 0.15) is 0 Å². The van der Waals surface area contributed by atoms with Gasteiger partial charge in [-0.1, -0.05) is 23.7 Å². The number of rotatable bonds is 5. The Morgan fingerprint density at radius 3 is 2.49 bits per heavy atom. The van der Waals surface area contributed by atoms with Gasteiger partial charge in [-0.25, -0.2) is 19.9 Å². The molecule has 2 saturated heterocycles. The van der Waals surface area contributed by atoms with Crippen molar-refractivity contribution < 1.29 is 4.79 Å². The summed E-state index contributed by atoms with van der Waals surface area (Å²) >= 11 is 6.10. The summed E-state index contributed by atoms with van der Waals surface area (Å²) in [6, 6.07) is 9.35. The molecule has 0 saturated carbocycles. The van der Waals surface area contributed by atoms with Crippen LogP contribution in [0.15, 0.2) is 48.9 Å². The fourth-order valence-electron chi connectivity index (χ4n) is 5.19. The van der Waals surface area contributed by atoms with Gasteiger partial charge in [-0.05, 0) is 61.8 Å². The van der Waals surface area contributed by atoms with Gasteiger partial charge in [0.2, 0.25) is 17.8 Å². The smallest absolute Gasteiger partial charge is 0.225 e. The van der Waals surface area contributed by atoms with Crippen LogP contribution in [0.5, 0.6) is 0 Å². The van der Waals surface area contributed by atoms with Gasteiger partial charge in [0.25, 0.3) is 0 Å². The molecule has 2 aliphatic heterocycles. The van der Waals surface area contributed by atoms with Crippen molar-refractivity contribution in [2.24, 2.45) is 5.92 Å². The quantitative estimate of drug-likeness (QED) is 0.559. The number of nitrogen functional groups attached to an aromatic ring is 1. The van der Waals surface area contributed by atoms with Crippen LogP contribution in [-0.4, -0.2) is 50.4 Å². The van der Waals surface area contributed by atoms with Gasteiger partial charge in [-0.2, -0.15) is 0 Å². The first-order valence-electron chi connectivity index (χ1n) is 12.3. The molecule has 5 rings (SSSR count). The minimum Gasteiger partial charge on any atom is -0.368 e. The van der Waals surface area contributed by atoms with Gasteiger partial charge in [0.15, 0.2) is 0 Å². The normalized spacial score (nSPS) is 19.1. The molecule has 2 N–H and O–H groups in total. The van der Waals surface area contributed by atoms with Gasteiger partial charge >= 0.3 is 0 Å². The van der Waals surface area contributed by atoms with Gasteiger partial charge in [0, 0.05) is 55.2 Å². The highest BCUT2D eigenvalue weighted by Gasteiger charge is 2.33. The molecule has 0 unspecified atom stereocenters. The SMILES string of the molecule is Nc1ncc(-c2ccc(Cl)cc2)c([C@H]2CCCCN2C(=O)CC2CCN(c3ncccn3)CC2)n1. The van der Waals surface area contributed by atoms with Gasteiger partial charge < -0.3 is 15.5 Å². The molecule has 0 radical (unpaired) electrons. The van der Waals surface area contributed by atoms with E-state index in [-0.39, 0.29) is 17.9 Å². The summed E-state index contributed by atoms with van der Waals surface area (Å²) in [6.45, 7) is 2.48. The summed E-state index contributed by atoms with van der Waals surface area (Å²) in [5, 5.41) is 0.672. The first kappa shape index (κ1) is 23.5. The van der Waals surface area contributed by atoms with Crippen molar-refractivity contribution in [2.75, 3.05) is 30.3 Å². The Labute approximate surface area is 210 Å². The third-order valence-electron chi connectivity index (χ3n) is 7.04. The molecular weight excluding hydrogens is 462 g/mol. The zero-order valence-electron chi connectivity index (χ0n) is 19.7. The number of amides is 1. The Morgan fingerprint density at radius 2 is 1.74 bits per heavy atom. The molecular formula is C26H30ClN7O. The summed E-state index contributed by atoms with van der Waals surface area (Å²) in [6.07, 6.45) is 10.7. The molecule has 1 amide bonds. The molecule has 8 nitrogen and oxygen atoms in total. The van der Waals surface area contributed by atoms with Crippen LogP contribution in [0.25, 0.3) is 11.1 Å². The second kappa shape index (κ2) is 10.6. The Bertz CT molecular complexity index is 1150. The Kier molecular flexibility index (Phi) is 7.08. The van der Waals surface area contributed by atoms with Crippen molar-refractivity contribution in [3.8, 4) is 11.1 Å². The molecule has 0 bridgehead atoms. The molecule has 2 aromatic heterocycles. The molecule has 3 aromatic rings. The van der Waals surface area contributed by atoms with E-state index in [0.29, 0.717) is 17.4 Å². The summed E-state index contributed by atoms with van der Waals surface area (Å²) in [5.41, 5.74) is 8.70. The maximum Gasteiger partial charge on any atom is 0.225 e. The van der Waals surface area contributed by atoms with Gasteiger partial charge in [-0.15, -0.1) is 0 Å². The molecule has 1 atom stereocenters. The Morgan fingerprint density at radius 1 is 1.00 bits per heavy atom. The summed E-state index contributed by atoms with van der Waals surface area (Å²) in [7, 11) is 0. The molecule has 182 valence electrons. The largest absolute Gasteiger partial charge is 0.368 e. The molecule has 0 spiro atoms. The van der Waals surface area contributed by atoms with E-state index in [1.54, 1.807) is 18.6 Å². The number of benzene rings is 1. The molecule has 9 heteroatoms. The van der Waals surface area contributed by atoms with E-state index in [1.807, 2.05) is 35.2 Å². The van der Waals surface area contributed by atoms with Crippen molar-refractivity contribution in [3.05, 3.63) is 59.6 Å². The second-order valence-corrected chi connectivity index (χ2v) is 9.75. The third kappa shape index (κ3) is 5.37. The average molecular weight is 492 g/mol. The number of hydrogen-bond donors (Lipinski definition) is 1.